The Bertz CT molecular complexity index is 1310. The minimum atomic E-state index is -3.83. The molecule has 3 aromatic rings. The molecule has 4 rings (SSSR count). The summed E-state index contributed by atoms with van der Waals surface area (Å²) in [6.07, 6.45) is 2.87. The van der Waals surface area contributed by atoms with Crippen molar-refractivity contribution in [3.8, 4) is 17.2 Å². The fourth-order valence-corrected chi connectivity index (χ4v) is 5.88. The number of sulfone groups is 1. The highest BCUT2D eigenvalue weighted by molar-refractivity contribution is 7.91. The molecular weight excluding hydrogens is 510 g/mol. The van der Waals surface area contributed by atoms with Gasteiger partial charge in [-0.15, -0.1) is 10.2 Å². The highest BCUT2D eigenvalue weighted by Crippen LogP contribution is 2.37. The lowest BCUT2D eigenvalue weighted by Crippen LogP contribution is -2.31. The summed E-state index contributed by atoms with van der Waals surface area (Å²) >= 11 is 0. The second-order valence-electron chi connectivity index (χ2n) is 9.58. The average Bonchev–Trinajstić information content (AvgIpc) is 3.56. The highest BCUT2D eigenvalue weighted by atomic mass is 32.2. The molecule has 0 radical (unpaired) electrons. The fraction of sp³-hybridized carbons (Fsp3) is 0.538. The van der Waals surface area contributed by atoms with Crippen molar-refractivity contribution in [2.75, 3.05) is 27.4 Å². The van der Waals surface area contributed by atoms with Gasteiger partial charge in [0, 0.05) is 18.7 Å². The Balaban J connectivity index is 1.78. The van der Waals surface area contributed by atoms with E-state index in [2.05, 4.69) is 20.2 Å². The molecule has 206 valence electrons. The van der Waals surface area contributed by atoms with Crippen LogP contribution in [-0.2, 0) is 25.1 Å². The van der Waals surface area contributed by atoms with Crippen molar-refractivity contribution in [3.05, 3.63) is 53.6 Å². The molecule has 0 unspecified atom stereocenters. The van der Waals surface area contributed by atoms with E-state index in [0.29, 0.717) is 41.9 Å². The van der Waals surface area contributed by atoms with E-state index >= 15 is 0 Å². The predicted molar refractivity (Wildman–Crippen MR) is 140 cm³/mol. The van der Waals surface area contributed by atoms with Crippen LogP contribution < -0.4 is 9.47 Å². The van der Waals surface area contributed by atoms with Gasteiger partial charge in [-0.2, -0.15) is 0 Å². The summed E-state index contributed by atoms with van der Waals surface area (Å²) in [5.41, 5.74) is 1.73. The Morgan fingerprint density at radius 2 is 1.79 bits per heavy atom. The van der Waals surface area contributed by atoms with Crippen molar-refractivity contribution in [3.63, 3.8) is 0 Å². The second kappa shape index (κ2) is 11.7. The number of aromatic nitrogens is 5. The van der Waals surface area contributed by atoms with Gasteiger partial charge in [0.2, 0.25) is 0 Å². The lowest BCUT2D eigenvalue weighted by atomic mass is 10.1. The normalized spacial score (nSPS) is 17.5. The molecule has 0 N–H and O–H groups in total. The lowest BCUT2D eigenvalue weighted by molar-refractivity contribution is 0.00382. The topological polar surface area (TPSA) is 128 Å². The summed E-state index contributed by atoms with van der Waals surface area (Å²) in [7, 11) is -0.722. The number of hydrogen-bond donors (Lipinski definition) is 0. The van der Waals surface area contributed by atoms with E-state index in [1.807, 2.05) is 20.8 Å². The zero-order chi connectivity index (χ0) is 27.4. The monoisotopic (exact) mass is 545 g/mol. The van der Waals surface area contributed by atoms with E-state index in [9.17, 15) is 8.42 Å². The highest BCUT2D eigenvalue weighted by Gasteiger charge is 2.36. The van der Waals surface area contributed by atoms with Crippen molar-refractivity contribution in [1.82, 2.24) is 24.7 Å². The molecular formula is C26H35N5O6S. The Morgan fingerprint density at radius 3 is 2.34 bits per heavy atom. The first-order valence-electron chi connectivity index (χ1n) is 12.5. The van der Waals surface area contributed by atoms with E-state index in [-0.39, 0.29) is 23.6 Å². The molecule has 1 saturated heterocycles. The quantitative estimate of drug-likeness (QED) is 0.354. The summed E-state index contributed by atoms with van der Waals surface area (Å²) in [6, 6.07) is 5.38. The van der Waals surface area contributed by atoms with Crippen LogP contribution in [0, 0.1) is 6.92 Å². The Hall–Kier alpha value is -3.09. The van der Waals surface area contributed by atoms with Gasteiger partial charge in [-0.05, 0) is 46.2 Å². The third kappa shape index (κ3) is 5.82. The molecule has 1 fully saturated rings. The summed E-state index contributed by atoms with van der Waals surface area (Å²) in [5, 5.41) is 7.85. The van der Waals surface area contributed by atoms with Crippen molar-refractivity contribution >= 4 is 9.84 Å². The van der Waals surface area contributed by atoms with Crippen LogP contribution >= 0.6 is 0 Å². The Morgan fingerprint density at radius 1 is 1.08 bits per heavy atom. The number of benzene rings is 1. The average molecular weight is 546 g/mol. The molecule has 3 atom stereocenters. The maximum absolute atomic E-state index is 13.9. The third-order valence-corrected chi connectivity index (χ3v) is 8.55. The van der Waals surface area contributed by atoms with Gasteiger partial charge in [0.25, 0.3) is 0 Å². The van der Waals surface area contributed by atoms with E-state index in [1.165, 1.54) is 0 Å². The van der Waals surface area contributed by atoms with Crippen LogP contribution in [0.3, 0.4) is 0 Å². The van der Waals surface area contributed by atoms with Crippen LogP contribution in [0.4, 0.5) is 0 Å². The van der Waals surface area contributed by atoms with Gasteiger partial charge >= 0.3 is 0 Å². The summed E-state index contributed by atoms with van der Waals surface area (Å²) in [4.78, 5) is 8.70. The SMILES string of the molecule is COc1cccc(OC)c1-n1c(CS(=O)(=O)[C@@H](C)[C@@H](OC(C)C)c2cnc(C)cn2)nnc1[C@H]1CCOC1. The van der Waals surface area contributed by atoms with Crippen molar-refractivity contribution in [1.29, 1.82) is 0 Å². The first kappa shape index (κ1) is 27.9. The van der Waals surface area contributed by atoms with Gasteiger partial charge < -0.3 is 18.9 Å². The predicted octanol–water partition coefficient (Wildman–Crippen LogP) is 3.36. The zero-order valence-corrected chi connectivity index (χ0v) is 23.4. The molecule has 12 heteroatoms. The van der Waals surface area contributed by atoms with Crippen molar-refractivity contribution < 1.29 is 27.4 Å². The van der Waals surface area contributed by atoms with Gasteiger partial charge in [-0.25, -0.2) is 8.42 Å². The fourth-order valence-electron chi connectivity index (χ4n) is 4.49. The smallest absolute Gasteiger partial charge is 0.163 e. The summed E-state index contributed by atoms with van der Waals surface area (Å²) in [5.74, 6) is 1.43. The van der Waals surface area contributed by atoms with Crippen molar-refractivity contribution in [2.45, 2.75) is 63.2 Å². The molecule has 0 spiro atoms. The van der Waals surface area contributed by atoms with Crippen LogP contribution in [0.15, 0.2) is 30.6 Å². The van der Waals surface area contributed by atoms with E-state index in [4.69, 9.17) is 18.9 Å². The molecule has 0 aliphatic carbocycles. The molecule has 2 aromatic heterocycles. The lowest BCUT2D eigenvalue weighted by Gasteiger charge is -2.26. The van der Waals surface area contributed by atoms with Gasteiger partial charge in [0.1, 0.15) is 34.9 Å². The second-order valence-corrected chi connectivity index (χ2v) is 11.9. The first-order chi connectivity index (χ1) is 18.2. The van der Waals surface area contributed by atoms with E-state index < -0.39 is 21.2 Å². The van der Waals surface area contributed by atoms with Gasteiger partial charge in [0.05, 0.1) is 49.8 Å². The van der Waals surface area contributed by atoms with Gasteiger partial charge in [-0.3, -0.25) is 14.5 Å². The number of hydrogen-bond acceptors (Lipinski definition) is 10. The van der Waals surface area contributed by atoms with Crippen LogP contribution in [0.2, 0.25) is 0 Å². The van der Waals surface area contributed by atoms with Gasteiger partial charge in [-0.1, -0.05) is 6.07 Å². The molecule has 1 aliphatic heterocycles. The Labute approximate surface area is 223 Å². The third-order valence-electron chi connectivity index (χ3n) is 6.51. The van der Waals surface area contributed by atoms with Gasteiger partial charge in [0.15, 0.2) is 15.7 Å². The molecule has 0 amide bonds. The molecule has 1 aliphatic rings. The maximum Gasteiger partial charge on any atom is 0.163 e. The number of para-hydroxylation sites is 1. The number of aryl methyl sites for hydroxylation is 1. The van der Waals surface area contributed by atoms with Crippen LogP contribution in [0.25, 0.3) is 5.69 Å². The summed E-state index contributed by atoms with van der Waals surface area (Å²) < 4.78 is 52.5. The Kier molecular flexibility index (Phi) is 8.64. The van der Waals surface area contributed by atoms with Crippen LogP contribution in [-0.4, -0.2) is 71.9 Å². The molecule has 38 heavy (non-hydrogen) atoms. The van der Waals surface area contributed by atoms with E-state index in [1.54, 1.807) is 56.3 Å². The standard InChI is InChI=1S/C26H35N5O6S/c1-16(2)37-25(20-13-27-17(3)12-28-20)18(4)38(32,33)15-23-29-30-26(19-10-11-36-14-19)31(23)24-21(34-5)8-7-9-22(24)35-6/h7-9,12-13,16,18-19,25H,10-11,14-15H2,1-6H3/t18-,19-,25+/m0/s1. The molecule has 3 heterocycles. The van der Waals surface area contributed by atoms with E-state index in [0.717, 1.165) is 12.1 Å². The zero-order valence-electron chi connectivity index (χ0n) is 22.6. The molecule has 1 aromatic carbocycles. The molecule has 0 saturated carbocycles. The number of rotatable bonds is 11. The number of nitrogens with zero attached hydrogens (tertiary/aromatic N) is 5. The largest absolute Gasteiger partial charge is 0.494 e. The minimum Gasteiger partial charge on any atom is -0.494 e. The molecule has 0 bridgehead atoms. The number of ether oxygens (including phenoxy) is 4. The minimum absolute atomic E-state index is 0.0501. The first-order valence-corrected chi connectivity index (χ1v) is 14.3. The van der Waals surface area contributed by atoms with Crippen LogP contribution in [0.5, 0.6) is 11.5 Å². The van der Waals surface area contributed by atoms with Crippen LogP contribution in [0.1, 0.15) is 62.3 Å². The summed E-state index contributed by atoms with van der Waals surface area (Å²) in [6.45, 7) is 8.22. The maximum atomic E-state index is 13.9. The molecule has 11 nitrogen and oxygen atoms in total. The number of methoxy groups -OCH3 is 2. The van der Waals surface area contributed by atoms with Crippen molar-refractivity contribution in [2.24, 2.45) is 0 Å².